The third-order valence-corrected chi connectivity index (χ3v) is 4.82. The number of hydrogen-bond donors (Lipinski definition) is 1. The van der Waals surface area contributed by atoms with E-state index < -0.39 is 0 Å². The Hall–Kier alpha value is -2.22. The molecule has 8 heteroatoms. The van der Waals surface area contributed by atoms with Crippen molar-refractivity contribution in [3.8, 4) is 5.69 Å². The fourth-order valence-electron chi connectivity index (χ4n) is 3.53. The summed E-state index contributed by atoms with van der Waals surface area (Å²) >= 11 is 0. The molecule has 1 unspecified atom stereocenters. The van der Waals surface area contributed by atoms with Crippen LogP contribution in [0, 0.1) is 6.92 Å². The van der Waals surface area contributed by atoms with Crippen LogP contribution >= 0.6 is 12.4 Å². The molecule has 1 aliphatic heterocycles. The Bertz CT molecular complexity index is 843. The van der Waals surface area contributed by atoms with Gasteiger partial charge in [0.2, 0.25) is 0 Å². The highest BCUT2D eigenvalue weighted by molar-refractivity contribution is 5.85. The van der Waals surface area contributed by atoms with Crippen LogP contribution in [0.2, 0.25) is 0 Å². The molecular weight excluding hydrogens is 350 g/mol. The van der Waals surface area contributed by atoms with Crippen molar-refractivity contribution < 1.29 is 0 Å². The third kappa shape index (κ3) is 3.65. The van der Waals surface area contributed by atoms with E-state index in [1.807, 2.05) is 12.4 Å². The van der Waals surface area contributed by atoms with Crippen molar-refractivity contribution >= 4 is 12.4 Å². The lowest BCUT2D eigenvalue weighted by Crippen LogP contribution is -2.46. The number of piperazine rings is 1. The van der Waals surface area contributed by atoms with E-state index in [2.05, 4.69) is 62.0 Å². The summed E-state index contributed by atoms with van der Waals surface area (Å²) in [6.07, 6.45) is 7.18. The molecule has 1 N–H and O–H groups in total. The molecule has 1 aliphatic rings. The first-order chi connectivity index (χ1) is 12.2. The van der Waals surface area contributed by atoms with E-state index >= 15 is 0 Å². The molecule has 1 atom stereocenters. The number of nitrogens with one attached hydrogen (secondary N) is 1. The molecular formula is C18H24ClN7. The summed E-state index contributed by atoms with van der Waals surface area (Å²) in [4.78, 5) is 11.1. The van der Waals surface area contributed by atoms with E-state index in [0.717, 1.165) is 37.7 Å². The average molecular weight is 374 g/mol. The molecule has 1 saturated heterocycles. The van der Waals surface area contributed by atoms with Gasteiger partial charge in [0.1, 0.15) is 18.5 Å². The molecule has 26 heavy (non-hydrogen) atoms. The molecule has 7 nitrogen and oxygen atoms in total. The molecule has 3 heterocycles. The van der Waals surface area contributed by atoms with Gasteiger partial charge in [-0.1, -0.05) is 12.1 Å². The summed E-state index contributed by atoms with van der Waals surface area (Å²) < 4.78 is 3.92. The van der Waals surface area contributed by atoms with Crippen molar-refractivity contribution in [1.82, 2.24) is 34.5 Å². The molecule has 1 aromatic carbocycles. The standard InChI is InChI=1S/C18H23N7.ClH/c1-14-9-15(3-4-16(14)25-13-20-12-22-25)11-24-8-5-19-10-17(24)18-21-6-7-23(18)2;/h3-4,6-7,9,12-13,17,19H,5,8,10-11H2,1-2H3;1H. The number of hydrogen-bond acceptors (Lipinski definition) is 5. The number of halogens is 1. The molecule has 138 valence electrons. The van der Waals surface area contributed by atoms with E-state index in [-0.39, 0.29) is 12.4 Å². The van der Waals surface area contributed by atoms with Crippen LogP contribution in [0.15, 0.2) is 43.2 Å². The molecule has 2 aromatic heterocycles. The van der Waals surface area contributed by atoms with Crippen LogP contribution in [0.4, 0.5) is 0 Å². The van der Waals surface area contributed by atoms with Crippen molar-refractivity contribution in [2.75, 3.05) is 19.6 Å². The highest BCUT2D eigenvalue weighted by Crippen LogP contribution is 2.24. The van der Waals surface area contributed by atoms with Crippen LogP contribution in [0.1, 0.15) is 23.0 Å². The zero-order chi connectivity index (χ0) is 17.2. The Morgan fingerprint density at radius 3 is 2.88 bits per heavy atom. The molecule has 3 aromatic rings. The topological polar surface area (TPSA) is 63.8 Å². The lowest BCUT2D eigenvalue weighted by atomic mass is 10.1. The first-order valence-electron chi connectivity index (χ1n) is 8.59. The molecule has 0 amide bonds. The number of imidazole rings is 1. The minimum Gasteiger partial charge on any atom is -0.337 e. The van der Waals surface area contributed by atoms with Crippen molar-refractivity contribution in [3.05, 3.63) is 60.2 Å². The SMILES string of the molecule is Cc1cc(CN2CCNCC2c2nccn2C)ccc1-n1cncn1.Cl. The van der Waals surface area contributed by atoms with Gasteiger partial charge in [0.25, 0.3) is 0 Å². The minimum atomic E-state index is 0. The van der Waals surface area contributed by atoms with Crippen LogP contribution in [0.3, 0.4) is 0 Å². The third-order valence-electron chi connectivity index (χ3n) is 4.82. The lowest BCUT2D eigenvalue weighted by Gasteiger charge is -2.35. The van der Waals surface area contributed by atoms with E-state index in [0.29, 0.717) is 6.04 Å². The molecule has 0 saturated carbocycles. The summed E-state index contributed by atoms with van der Waals surface area (Å²) in [5.74, 6) is 1.11. The summed E-state index contributed by atoms with van der Waals surface area (Å²) in [5, 5.41) is 7.72. The summed E-state index contributed by atoms with van der Waals surface area (Å²) in [5.41, 5.74) is 3.58. The van der Waals surface area contributed by atoms with Crippen LogP contribution < -0.4 is 5.32 Å². The maximum atomic E-state index is 4.56. The molecule has 1 fully saturated rings. The second kappa shape index (κ2) is 7.99. The van der Waals surface area contributed by atoms with Crippen molar-refractivity contribution in [3.63, 3.8) is 0 Å². The van der Waals surface area contributed by atoms with Gasteiger partial charge in [0.15, 0.2) is 0 Å². The lowest BCUT2D eigenvalue weighted by molar-refractivity contribution is 0.144. The highest BCUT2D eigenvalue weighted by Gasteiger charge is 2.26. The van der Waals surface area contributed by atoms with Gasteiger partial charge >= 0.3 is 0 Å². The first kappa shape index (κ1) is 18.6. The van der Waals surface area contributed by atoms with Crippen LogP contribution in [0.25, 0.3) is 5.69 Å². The van der Waals surface area contributed by atoms with Crippen molar-refractivity contribution in [1.29, 1.82) is 0 Å². The Morgan fingerprint density at radius 1 is 1.31 bits per heavy atom. The van der Waals surface area contributed by atoms with E-state index in [1.54, 1.807) is 17.3 Å². The van der Waals surface area contributed by atoms with Gasteiger partial charge in [0.05, 0.1) is 11.7 Å². The maximum Gasteiger partial charge on any atom is 0.138 e. The summed E-state index contributed by atoms with van der Waals surface area (Å²) in [6, 6.07) is 6.84. The van der Waals surface area contributed by atoms with E-state index in [4.69, 9.17) is 0 Å². The normalized spacial score (nSPS) is 17.8. The van der Waals surface area contributed by atoms with Crippen LogP contribution in [0.5, 0.6) is 0 Å². The van der Waals surface area contributed by atoms with Gasteiger partial charge in [-0.15, -0.1) is 12.4 Å². The smallest absolute Gasteiger partial charge is 0.138 e. The fraction of sp³-hybridized carbons (Fsp3) is 0.389. The predicted octanol–water partition coefficient (Wildman–Crippen LogP) is 1.88. The van der Waals surface area contributed by atoms with Gasteiger partial charge in [-0.05, 0) is 24.1 Å². The Kier molecular flexibility index (Phi) is 5.70. The largest absolute Gasteiger partial charge is 0.337 e. The van der Waals surface area contributed by atoms with E-state index in [9.17, 15) is 0 Å². The molecule has 4 rings (SSSR count). The van der Waals surface area contributed by atoms with Gasteiger partial charge in [-0.3, -0.25) is 4.90 Å². The Labute approximate surface area is 159 Å². The number of aryl methyl sites for hydroxylation is 2. The van der Waals surface area contributed by atoms with Gasteiger partial charge in [0, 0.05) is 45.6 Å². The average Bonchev–Trinajstić information content (AvgIpc) is 3.27. The molecule has 0 radical (unpaired) electrons. The molecule has 0 aliphatic carbocycles. The Morgan fingerprint density at radius 2 is 2.19 bits per heavy atom. The zero-order valence-corrected chi connectivity index (χ0v) is 15.9. The minimum absolute atomic E-state index is 0. The van der Waals surface area contributed by atoms with Gasteiger partial charge in [-0.2, -0.15) is 5.10 Å². The zero-order valence-electron chi connectivity index (χ0n) is 15.0. The van der Waals surface area contributed by atoms with Gasteiger partial charge < -0.3 is 9.88 Å². The van der Waals surface area contributed by atoms with Crippen LogP contribution in [-0.2, 0) is 13.6 Å². The summed E-state index contributed by atoms with van der Waals surface area (Å²) in [7, 11) is 2.06. The predicted molar refractivity (Wildman–Crippen MR) is 103 cm³/mol. The number of nitrogens with zero attached hydrogens (tertiary/aromatic N) is 6. The Balaban J connectivity index is 0.00000196. The second-order valence-electron chi connectivity index (χ2n) is 6.55. The number of aromatic nitrogens is 5. The molecule has 0 bridgehead atoms. The van der Waals surface area contributed by atoms with Crippen LogP contribution in [-0.4, -0.2) is 48.8 Å². The number of benzene rings is 1. The van der Waals surface area contributed by atoms with E-state index in [1.165, 1.54) is 11.1 Å². The van der Waals surface area contributed by atoms with Crippen molar-refractivity contribution in [2.24, 2.45) is 7.05 Å². The summed E-state index contributed by atoms with van der Waals surface area (Å²) in [6.45, 7) is 5.99. The highest BCUT2D eigenvalue weighted by atomic mass is 35.5. The van der Waals surface area contributed by atoms with Gasteiger partial charge in [-0.25, -0.2) is 14.6 Å². The number of rotatable bonds is 4. The molecule has 0 spiro atoms. The first-order valence-corrected chi connectivity index (χ1v) is 8.59. The fourth-order valence-corrected chi connectivity index (χ4v) is 3.53. The second-order valence-corrected chi connectivity index (χ2v) is 6.55. The maximum absolute atomic E-state index is 4.56. The monoisotopic (exact) mass is 373 g/mol. The van der Waals surface area contributed by atoms with Crippen molar-refractivity contribution in [2.45, 2.75) is 19.5 Å². The quantitative estimate of drug-likeness (QED) is 0.756.